The molecule has 0 fully saturated rings. The van der Waals surface area contributed by atoms with Gasteiger partial charge in [-0.2, -0.15) is 0 Å². The minimum Gasteiger partial charge on any atom is -0.493 e. The highest BCUT2D eigenvalue weighted by molar-refractivity contribution is 5.81. The van der Waals surface area contributed by atoms with Crippen molar-refractivity contribution in [2.45, 2.75) is 32.9 Å². The summed E-state index contributed by atoms with van der Waals surface area (Å²) in [5.41, 5.74) is 3.57. The molecule has 0 aliphatic carbocycles. The molecule has 0 radical (unpaired) electrons. The molecule has 0 saturated heterocycles. The summed E-state index contributed by atoms with van der Waals surface area (Å²) in [5.74, 6) is 1.44. The maximum Gasteiger partial charge on any atom is 0.237 e. The molecule has 0 spiro atoms. The van der Waals surface area contributed by atoms with Gasteiger partial charge in [0.2, 0.25) is 5.91 Å². The van der Waals surface area contributed by atoms with Crippen LogP contribution in [0.3, 0.4) is 0 Å². The number of carbonyl (C=O) groups is 1. The van der Waals surface area contributed by atoms with Gasteiger partial charge in [0.1, 0.15) is 0 Å². The van der Waals surface area contributed by atoms with Crippen molar-refractivity contribution in [3.63, 3.8) is 0 Å². The number of methoxy groups -OCH3 is 2. The first kappa shape index (κ1) is 20.8. The van der Waals surface area contributed by atoms with Gasteiger partial charge in [0, 0.05) is 13.1 Å². The summed E-state index contributed by atoms with van der Waals surface area (Å²) < 4.78 is 10.6. The maximum absolute atomic E-state index is 12.5. The number of aryl methyl sites for hydroxylation is 1. The minimum absolute atomic E-state index is 0.0339. The van der Waals surface area contributed by atoms with Gasteiger partial charge in [-0.05, 0) is 56.1 Å². The van der Waals surface area contributed by atoms with Crippen LogP contribution in [0.4, 0.5) is 0 Å². The maximum atomic E-state index is 12.5. The SMILES string of the molecule is COc1ccc(CCNC(=O)C(C)N(C)Cc2ccccc2C)cc1OC. The van der Waals surface area contributed by atoms with Crippen LogP contribution in [-0.4, -0.2) is 44.7 Å². The summed E-state index contributed by atoms with van der Waals surface area (Å²) in [4.78, 5) is 14.5. The third-order valence-electron chi connectivity index (χ3n) is 4.88. The van der Waals surface area contributed by atoms with E-state index >= 15 is 0 Å². The summed E-state index contributed by atoms with van der Waals surface area (Å²) in [6.07, 6.45) is 0.736. The van der Waals surface area contributed by atoms with Crippen LogP contribution in [0.1, 0.15) is 23.6 Å². The number of nitrogens with one attached hydrogen (secondary N) is 1. The van der Waals surface area contributed by atoms with Crippen LogP contribution in [0.15, 0.2) is 42.5 Å². The van der Waals surface area contributed by atoms with E-state index in [0.29, 0.717) is 18.0 Å². The molecule has 2 aromatic rings. The average molecular weight is 370 g/mol. The van der Waals surface area contributed by atoms with Crippen LogP contribution in [0.25, 0.3) is 0 Å². The molecule has 1 atom stereocenters. The molecule has 5 heteroatoms. The fraction of sp³-hybridized carbons (Fsp3) is 0.409. The molecule has 146 valence electrons. The molecule has 2 aromatic carbocycles. The molecule has 0 bridgehead atoms. The van der Waals surface area contributed by atoms with E-state index in [1.165, 1.54) is 11.1 Å². The van der Waals surface area contributed by atoms with Gasteiger partial charge in [-0.25, -0.2) is 0 Å². The summed E-state index contributed by atoms with van der Waals surface area (Å²) in [6, 6.07) is 13.9. The van der Waals surface area contributed by atoms with Crippen molar-refractivity contribution in [1.82, 2.24) is 10.2 Å². The highest BCUT2D eigenvalue weighted by Gasteiger charge is 2.18. The smallest absolute Gasteiger partial charge is 0.237 e. The molecule has 0 heterocycles. The van der Waals surface area contributed by atoms with E-state index in [2.05, 4.69) is 29.3 Å². The predicted octanol–water partition coefficient (Wildman–Crippen LogP) is 3.19. The highest BCUT2D eigenvalue weighted by atomic mass is 16.5. The first-order valence-electron chi connectivity index (χ1n) is 9.19. The lowest BCUT2D eigenvalue weighted by Crippen LogP contribution is -2.43. The molecule has 0 aliphatic heterocycles. The van der Waals surface area contributed by atoms with Crippen LogP contribution in [0.5, 0.6) is 11.5 Å². The molecule has 0 saturated carbocycles. The summed E-state index contributed by atoms with van der Waals surface area (Å²) in [5, 5.41) is 3.03. The van der Waals surface area contributed by atoms with E-state index in [4.69, 9.17) is 9.47 Å². The number of carbonyl (C=O) groups excluding carboxylic acids is 1. The second-order valence-corrected chi connectivity index (χ2v) is 6.75. The van der Waals surface area contributed by atoms with Crippen molar-refractivity contribution in [2.24, 2.45) is 0 Å². The lowest BCUT2D eigenvalue weighted by atomic mass is 10.1. The fourth-order valence-corrected chi connectivity index (χ4v) is 2.91. The molecule has 2 rings (SSSR count). The lowest BCUT2D eigenvalue weighted by Gasteiger charge is -2.24. The molecule has 1 unspecified atom stereocenters. The third kappa shape index (κ3) is 5.73. The standard InChI is InChI=1S/C22H30N2O3/c1-16-8-6-7-9-19(16)15-24(3)17(2)22(25)23-13-12-18-10-11-20(26-4)21(14-18)27-5/h6-11,14,17H,12-13,15H2,1-5H3,(H,23,25). The second-order valence-electron chi connectivity index (χ2n) is 6.75. The Hall–Kier alpha value is -2.53. The Morgan fingerprint density at radius 1 is 1.11 bits per heavy atom. The number of hydrogen-bond donors (Lipinski definition) is 1. The van der Waals surface area contributed by atoms with Gasteiger partial charge in [0.25, 0.3) is 0 Å². The summed E-state index contributed by atoms with van der Waals surface area (Å²) in [7, 11) is 5.22. The molecule has 0 aromatic heterocycles. The molecule has 0 aliphatic rings. The van der Waals surface area contributed by atoms with Gasteiger partial charge in [-0.15, -0.1) is 0 Å². The van der Waals surface area contributed by atoms with Gasteiger partial charge in [0.05, 0.1) is 20.3 Å². The van der Waals surface area contributed by atoms with Crippen LogP contribution in [0, 0.1) is 6.92 Å². The summed E-state index contributed by atoms with van der Waals surface area (Å²) in [6.45, 7) is 5.36. The van der Waals surface area contributed by atoms with E-state index in [1.807, 2.05) is 44.3 Å². The number of amides is 1. The number of hydrogen-bond acceptors (Lipinski definition) is 4. The number of benzene rings is 2. The first-order valence-corrected chi connectivity index (χ1v) is 9.19. The average Bonchev–Trinajstić information content (AvgIpc) is 2.68. The second kappa shape index (κ2) is 9.97. The van der Waals surface area contributed by atoms with Crippen molar-refractivity contribution >= 4 is 5.91 Å². The van der Waals surface area contributed by atoms with E-state index in [-0.39, 0.29) is 11.9 Å². The van der Waals surface area contributed by atoms with Crippen LogP contribution in [0.2, 0.25) is 0 Å². The Bertz CT molecular complexity index is 761. The first-order chi connectivity index (χ1) is 13.0. The van der Waals surface area contributed by atoms with Crippen LogP contribution < -0.4 is 14.8 Å². The zero-order valence-corrected chi connectivity index (χ0v) is 16.9. The number of ether oxygens (including phenoxy) is 2. The van der Waals surface area contributed by atoms with Crippen molar-refractivity contribution < 1.29 is 14.3 Å². The van der Waals surface area contributed by atoms with Gasteiger partial charge in [-0.3, -0.25) is 9.69 Å². The van der Waals surface area contributed by atoms with E-state index in [9.17, 15) is 4.79 Å². The molecule has 27 heavy (non-hydrogen) atoms. The Kier molecular flexibility index (Phi) is 7.67. The van der Waals surface area contributed by atoms with Gasteiger partial charge in [-0.1, -0.05) is 30.3 Å². The Morgan fingerprint density at radius 2 is 1.81 bits per heavy atom. The van der Waals surface area contributed by atoms with E-state index in [1.54, 1.807) is 14.2 Å². The lowest BCUT2D eigenvalue weighted by molar-refractivity contribution is -0.125. The number of nitrogens with zero attached hydrogens (tertiary/aromatic N) is 1. The van der Waals surface area contributed by atoms with Crippen molar-refractivity contribution in [3.8, 4) is 11.5 Å². The van der Waals surface area contributed by atoms with Gasteiger partial charge >= 0.3 is 0 Å². The zero-order valence-electron chi connectivity index (χ0n) is 16.9. The molecular formula is C22H30N2O3. The molecule has 5 nitrogen and oxygen atoms in total. The molecule has 1 N–H and O–H groups in total. The third-order valence-corrected chi connectivity index (χ3v) is 4.88. The van der Waals surface area contributed by atoms with Crippen LogP contribution in [-0.2, 0) is 17.8 Å². The molecular weight excluding hydrogens is 340 g/mol. The topological polar surface area (TPSA) is 50.8 Å². The quantitative estimate of drug-likeness (QED) is 0.737. The van der Waals surface area contributed by atoms with Gasteiger partial charge in [0.15, 0.2) is 11.5 Å². The van der Waals surface area contributed by atoms with E-state index in [0.717, 1.165) is 18.5 Å². The highest BCUT2D eigenvalue weighted by Crippen LogP contribution is 2.27. The Labute approximate surface area is 162 Å². The number of rotatable bonds is 9. The Balaban J connectivity index is 1.85. The predicted molar refractivity (Wildman–Crippen MR) is 108 cm³/mol. The fourth-order valence-electron chi connectivity index (χ4n) is 2.91. The number of likely N-dealkylation sites (N-methyl/N-ethyl adjacent to an activating group) is 1. The molecule has 1 amide bonds. The van der Waals surface area contributed by atoms with E-state index < -0.39 is 0 Å². The largest absolute Gasteiger partial charge is 0.493 e. The van der Waals surface area contributed by atoms with Crippen molar-refractivity contribution in [3.05, 3.63) is 59.2 Å². The van der Waals surface area contributed by atoms with Crippen molar-refractivity contribution in [1.29, 1.82) is 0 Å². The van der Waals surface area contributed by atoms with Crippen LogP contribution >= 0.6 is 0 Å². The normalized spacial score (nSPS) is 11.9. The minimum atomic E-state index is -0.199. The zero-order chi connectivity index (χ0) is 19.8. The summed E-state index contributed by atoms with van der Waals surface area (Å²) >= 11 is 0. The van der Waals surface area contributed by atoms with Crippen molar-refractivity contribution in [2.75, 3.05) is 27.8 Å². The monoisotopic (exact) mass is 370 g/mol. The Morgan fingerprint density at radius 3 is 2.48 bits per heavy atom. The van der Waals surface area contributed by atoms with Gasteiger partial charge < -0.3 is 14.8 Å².